The van der Waals surface area contributed by atoms with Gasteiger partial charge in [-0.15, -0.1) is 11.6 Å². The van der Waals surface area contributed by atoms with Gasteiger partial charge in [0.25, 0.3) is 0 Å². The van der Waals surface area contributed by atoms with Gasteiger partial charge < -0.3 is 9.30 Å². The molecule has 0 N–H and O–H groups in total. The molecule has 0 amide bonds. The number of rotatable bonds is 8. The SMILES string of the molecule is COCCN(CC(C)C)S(=O)(=O)c1cc(CCl)n(C)c1. The Hall–Kier alpha value is -0.560. The van der Waals surface area contributed by atoms with E-state index in [9.17, 15) is 8.42 Å². The third-order valence-electron chi connectivity index (χ3n) is 2.97. The summed E-state index contributed by atoms with van der Waals surface area (Å²) in [5.41, 5.74) is 0.779. The number of hydrogen-bond acceptors (Lipinski definition) is 3. The number of sulfonamides is 1. The minimum absolute atomic E-state index is 0.248. The highest BCUT2D eigenvalue weighted by Crippen LogP contribution is 2.20. The number of halogens is 1. The van der Waals surface area contributed by atoms with Gasteiger partial charge >= 0.3 is 0 Å². The smallest absolute Gasteiger partial charge is 0.244 e. The number of nitrogens with zero attached hydrogens (tertiary/aromatic N) is 2. The second-order valence-electron chi connectivity index (χ2n) is 5.16. The first-order chi connectivity index (χ1) is 9.32. The zero-order valence-electron chi connectivity index (χ0n) is 12.5. The first kappa shape index (κ1) is 17.5. The summed E-state index contributed by atoms with van der Waals surface area (Å²) in [4.78, 5) is 0.285. The fourth-order valence-electron chi connectivity index (χ4n) is 1.91. The lowest BCUT2D eigenvalue weighted by Crippen LogP contribution is -2.36. The highest BCUT2D eigenvalue weighted by molar-refractivity contribution is 7.89. The third kappa shape index (κ3) is 4.22. The highest BCUT2D eigenvalue weighted by atomic mass is 35.5. The van der Waals surface area contributed by atoms with E-state index in [0.29, 0.717) is 19.7 Å². The molecule has 0 aliphatic rings. The molecule has 0 saturated carbocycles. The van der Waals surface area contributed by atoms with Gasteiger partial charge in [0.1, 0.15) is 4.90 Å². The number of alkyl halides is 1. The van der Waals surface area contributed by atoms with Crippen molar-refractivity contribution in [2.45, 2.75) is 24.6 Å². The fraction of sp³-hybridized carbons (Fsp3) is 0.692. The summed E-state index contributed by atoms with van der Waals surface area (Å²) >= 11 is 5.79. The van der Waals surface area contributed by atoms with Crippen LogP contribution in [0.4, 0.5) is 0 Å². The Balaban J connectivity index is 3.07. The monoisotopic (exact) mass is 322 g/mol. The Bertz CT molecular complexity index is 526. The number of ether oxygens (including phenoxy) is 1. The summed E-state index contributed by atoms with van der Waals surface area (Å²) < 4.78 is 33.5. The second-order valence-corrected chi connectivity index (χ2v) is 7.37. The summed E-state index contributed by atoms with van der Waals surface area (Å²) in [5.74, 6) is 0.534. The van der Waals surface area contributed by atoms with Gasteiger partial charge in [-0.1, -0.05) is 13.8 Å². The van der Waals surface area contributed by atoms with Crippen LogP contribution in [-0.4, -0.2) is 44.1 Å². The van der Waals surface area contributed by atoms with E-state index < -0.39 is 10.0 Å². The Labute approximate surface area is 126 Å². The Kier molecular flexibility index (Phi) is 6.51. The predicted octanol–water partition coefficient (Wildman–Crippen LogP) is 2.06. The molecular weight excluding hydrogens is 300 g/mol. The van der Waals surface area contributed by atoms with Crippen LogP contribution in [0.5, 0.6) is 0 Å². The maximum Gasteiger partial charge on any atom is 0.244 e. The van der Waals surface area contributed by atoms with E-state index in [4.69, 9.17) is 16.3 Å². The van der Waals surface area contributed by atoms with Crippen LogP contribution in [0.2, 0.25) is 0 Å². The van der Waals surface area contributed by atoms with Crippen LogP contribution >= 0.6 is 11.6 Å². The number of aromatic nitrogens is 1. The molecule has 116 valence electrons. The number of aryl methyl sites for hydroxylation is 1. The fourth-order valence-corrected chi connectivity index (χ4v) is 3.86. The normalized spacial score (nSPS) is 12.6. The molecule has 0 atom stereocenters. The summed E-state index contributed by atoms with van der Waals surface area (Å²) in [6.45, 7) is 5.18. The zero-order valence-corrected chi connectivity index (χ0v) is 14.0. The lowest BCUT2D eigenvalue weighted by Gasteiger charge is -2.23. The van der Waals surface area contributed by atoms with Gasteiger partial charge in [-0.25, -0.2) is 8.42 Å². The van der Waals surface area contributed by atoms with Gasteiger partial charge in [0, 0.05) is 39.1 Å². The van der Waals surface area contributed by atoms with Crippen molar-refractivity contribution in [2.24, 2.45) is 13.0 Å². The molecule has 5 nitrogen and oxygen atoms in total. The Morgan fingerprint density at radius 1 is 1.45 bits per heavy atom. The zero-order chi connectivity index (χ0) is 15.3. The van der Waals surface area contributed by atoms with Crippen LogP contribution < -0.4 is 0 Å². The van der Waals surface area contributed by atoms with Gasteiger partial charge in [-0.3, -0.25) is 0 Å². The lowest BCUT2D eigenvalue weighted by molar-refractivity contribution is 0.175. The van der Waals surface area contributed by atoms with Gasteiger partial charge in [0.2, 0.25) is 10.0 Å². The minimum Gasteiger partial charge on any atom is -0.383 e. The third-order valence-corrected chi connectivity index (χ3v) is 5.08. The summed E-state index contributed by atoms with van der Waals surface area (Å²) in [6.07, 6.45) is 1.60. The summed E-state index contributed by atoms with van der Waals surface area (Å²) in [5, 5.41) is 0. The molecule has 1 rings (SSSR count). The van der Waals surface area contributed by atoms with E-state index in [1.54, 1.807) is 31.0 Å². The minimum atomic E-state index is -3.51. The molecule has 0 aliphatic carbocycles. The predicted molar refractivity (Wildman–Crippen MR) is 80.4 cm³/mol. The van der Waals surface area contributed by atoms with Crippen LogP contribution in [0.25, 0.3) is 0 Å². The summed E-state index contributed by atoms with van der Waals surface area (Å²) in [7, 11) is -0.152. The molecule has 0 aromatic carbocycles. The molecule has 0 bridgehead atoms. The van der Waals surface area contributed by atoms with E-state index >= 15 is 0 Å². The molecule has 0 fully saturated rings. The van der Waals surface area contributed by atoms with E-state index in [0.717, 1.165) is 5.69 Å². The molecule has 1 aromatic rings. The Morgan fingerprint density at radius 3 is 2.55 bits per heavy atom. The topological polar surface area (TPSA) is 51.5 Å². The van der Waals surface area contributed by atoms with Crippen molar-refractivity contribution in [3.63, 3.8) is 0 Å². The molecule has 1 aromatic heterocycles. The van der Waals surface area contributed by atoms with Crippen molar-refractivity contribution in [2.75, 3.05) is 26.8 Å². The molecule has 0 saturated heterocycles. The molecule has 0 spiro atoms. The molecule has 0 radical (unpaired) electrons. The maximum absolute atomic E-state index is 12.7. The van der Waals surface area contributed by atoms with Crippen molar-refractivity contribution in [3.8, 4) is 0 Å². The van der Waals surface area contributed by atoms with E-state index in [1.807, 2.05) is 13.8 Å². The van der Waals surface area contributed by atoms with Crippen molar-refractivity contribution >= 4 is 21.6 Å². The van der Waals surface area contributed by atoms with E-state index in [-0.39, 0.29) is 16.7 Å². The second kappa shape index (κ2) is 7.45. The molecule has 0 unspecified atom stereocenters. The van der Waals surface area contributed by atoms with Crippen LogP contribution in [-0.2, 0) is 27.7 Å². The van der Waals surface area contributed by atoms with Crippen LogP contribution in [0.15, 0.2) is 17.2 Å². The highest BCUT2D eigenvalue weighted by Gasteiger charge is 2.26. The van der Waals surface area contributed by atoms with Crippen molar-refractivity contribution in [3.05, 3.63) is 18.0 Å². The van der Waals surface area contributed by atoms with Gasteiger partial charge in [0.05, 0.1) is 12.5 Å². The van der Waals surface area contributed by atoms with Gasteiger partial charge in [0.15, 0.2) is 0 Å². The van der Waals surface area contributed by atoms with Crippen LogP contribution in [0.3, 0.4) is 0 Å². The molecular formula is C13H23ClN2O3S. The van der Waals surface area contributed by atoms with Gasteiger partial charge in [-0.2, -0.15) is 4.31 Å². The molecule has 1 heterocycles. The average molecular weight is 323 g/mol. The molecule has 20 heavy (non-hydrogen) atoms. The first-order valence-corrected chi connectivity index (χ1v) is 8.50. The number of methoxy groups -OCH3 is 1. The first-order valence-electron chi connectivity index (χ1n) is 6.53. The Morgan fingerprint density at radius 2 is 2.10 bits per heavy atom. The summed E-state index contributed by atoms with van der Waals surface area (Å²) in [6, 6.07) is 1.63. The van der Waals surface area contributed by atoms with Crippen molar-refractivity contribution < 1.29 is 13.2 Å². The van der Waals surface area contributed by atoms with Crippen LogP contribution in [0.1, 0.15) is 19.5 Å². The largest absolute Gasteiger partial charge is 0.383 e. The van der Waals surface area contributed by atoms with Crippen molar-refractivity contribution in [1.82, 2.24) is 8.87 Å². The van der Waals surface area contributed by atoms with Gasteiger partial charge in [-0.05, 0) is 12.0 Å². The quantitative estimate of drug-likeness (QED) is 0.688. The lowest BCUT2D eigenvalue weighted by atomic mass is 10.2. The number of hydrogen-bond donors (Lipinski definition) is 0. The maximum atomic E-state index is 12.7. The molecule has 0 aliphatic heterocycles. The average Bonchev–Trinajstić information content (AvgIpc) is 2.75. The van der Waals surface area contributed by atoms with Crippen molar-refractivity contribution in [1.29, 1.82) is 0 Å². The van der Waals surface area contributed by atoms with Crippen LogP contribution in [0, 0.1) is 5.92 Å². The van der Waals surface area contributed by atoms with E-state index in [2.05, 4.69) is 0 Å². The van der Waals surface area contributed by atoms with E-state index in [1.165, 1.54) is 4.31 Å². The molecule has 7 heteroatoms. The standard InChI is InChI=1S/C13H23ClN2O3S/c1-11(2)9-16(5-6-19-4)20(17,18)13-7-12(8-14)15(3)10-13/h7,10-11H,5-6,8-9H2,1-4H3.